The first-order valence-electron chi connectivity index (χ1n) is 5.93. The average Bonchev–Trinajstić information content (AvgIpc) is 2.38. The quantitative estimate of drug-likeness (QED) is 0.932. The number of aromatic carboxylic acids is 1. The standard InChI is InChI=1S/C13H16BrNO3/c1-18-9-5-7-15(8-6-9)11-4-2-3-10(14)12(11)13(16)17/h2-4,9H,5-8H2,1H3,(H,16,17). The third-order valence-electron chi connectivity index (χ3n) is 3.32. The summed E-state index contributed by atoms with van der Waals surface area (Å²) in [4.78, 5) is 13.4. The van der Waals surface area contributed by atoms with Crippen LogP contribution in [0.2, 0.25) is 0 Å². The van der Waals surface area contributed by atoms with Crippen LogP contribution in [0.4, 0.5) is 5.69 Å². The number of piperidine rings is 1. The second-order valence-electron chi connectivity index (χ2n) is 4.36. The first kappa shape index (κ1) is 13.4. The zero-order valence-corrected chi connectivity index (χ0v) is 11.8. The lowest BCUT2D eigenvalue weighted by Gasteiger charge is -2.33. The summed E-state index contributed by atoms with van der Waals surface area (Å²) in [5, 5.41) is 9.29. The second-order valence-corrected chi connectivity index (χ2v) is 5.22. The van der Waals surface area contributed by atoms with Gasteiger partial charge in [0.2, 0.25) is 0 Å². The number of halogens is 1. The Labute approximate surface area is 115 Å². The van der Waals surface area contributed by atoms with Crippen LogP contribution in [0.3, 0.4) is 0 Å². The molecule has 98 valence electrons. The molecule has 18 heavy (non-hydrogen) atoms. The number of carbonyl (C=O) groups is 1. The smallest absolute Gasteiger partial charge is 0.338 e. The third kappa shape index (κ3) is 2.67. The average molecular weight is 314 g/mol. The highest BCUT2D eigenvalue weighted by molar-refractivity contribution is 9.10. The number of benzene rings is 1. The number of rotatable bonds is 3. The highest BCUT2D eigenvalue weighted by Gasteiger charge is 2.23. The number of ether oxygens (including phenoxy) is 1. The number of hydrogen-bond donors (Lipinski definition) is 1. The number of carboxylic acid groups (broad SMARTS) is 1. The molecule has 5 heteroatoms. The largest absolute Gasteiger partial charge is 0.478 e. The molecule has 1 aliphatic heterocycles. The van der Waals surface area contributed by atoms with Crippen LogP contribution in [0.15, 0.2) is 22.7 Å². The van der Waals surface area contributed by atoms with Crippen LogP contribution in [0.1, 0.15) is 23.2 Å². The molecule has 0 atom stereocenters. The molecule has 1 saturated heterocycles. The summed E-state index contributed by atoms with van der Waals surface area (Å²) in [6.07, 6.45) is 2.16. The normalized spacial score (nSPS) is 16.9. The minimum Gasteiger partial charge on any atom is -0.478 e. The van der Waals surface area contributed by atoms with Gasteiger partial charge < -0.3 is 14.7 Å². The lowest BCUT2D eigenvalue weighted by atomic mass is 10.0. The van der Waals surface area contributed by atoms with Crippen LogP contribution < -0.4 is 4.90 Å². The van der Waals surface area contributed by atoms with Gasteiger partial charge in [-0.15, -0.1) is 0 Å². The minimum absolute atomic E-state index is 0.293. The minimum atomic E-state index is -0.897. The second kappa shape index (κ2) is 5.71. The van der Waals surface area contributed by atoms with Crippen LogP contribution in [0.5, 0.6) is 0 Å². The predicted molar refractivity (Wildman–Crippen MR) is 73.3 cm³/mol. The van der Waals surface area contributed by atoms with Gasteiger partial charge >= 0.3 is 5.97 Å². The van der Waals surface area contributed by atoms with Gasteiger partial charge in [0.15, 0.2) is 0 Å². The summed E-state index contributed by atoms with van der Waals surface area (Å²) < 4.78 is 5.95. The fraction of sp³-hybridized carbons (Fsp3) is 0.462. The van der Waals surface area contributed by atoms with Crippen LogP contribution in [-0.2, 0) is 4.74 Å². The Morgan fingerprint density at radius 1 is 1.44 bits per heavy atom. The van der Waals surface area contributed by atoms with Gasteiger partial charge in [-0.1, -0.05) is 6.07 Å². The molecule has 1 fully saturated rings. The van der Waals surface area contributed by atoms with Gasteiger partial charge in [-0.2, -0.15) is 0 Å². The van der Waals surface area contributed by atoms with Crippen LogP contribution >= 0.6 is 15.9 Å². The summed E-state index contributed by atoms with van der Waals surface area (Å²) in [6, 6.07) is 5.49. The molecule has 1 N–H and O–H groups in total. The Hall–Kier alpha value is -1.07. The maximum atomic E-state index is 11.3. The summed E-state index contributed by atoms with van der Waals surface area (Å²) >= 11 is 3.31. The molecule has 0 saturated carbocycles. The third-order valence-corrected chi connectivity index (χ3v) is 3.98. The van der Waals surface area contributed by atoms with Gasteiger partial charge in [-0.05, 0) is 40.9 Å². The lowest BCUT2D eigenvalue weighted by molar-refractivity contribution is 0.0695. The summed E-state index contributed by atoms with van der Waals surface area (Å²) in [7, 11) is 1.72. The molecule has 1 heterocycles. The summed E-state index contributed by atoms with van der Waals surface area (Å²) in [5.41, 5.74) is 1.12. The zero-order valence-electron chi connectivity index (χ0n) is 10.2. The molecule has 2 rings (SSSR count). The van der Waals surface area contributed by atoms with Crippen molar-refractivity contribution >= 4 is 27.6 Å². The molecule has 0 unspecified atom stereocenters. The van der Waals surface area contributed by atoms with Crippen molar-refractivity contribution in [2.75, 3.05) is 25.1 Å². The van der Waals surface area contributed by atoms with E-state index in [0.717, 1.165) is 31.6 Å². The van der Waals surface area contributed by atoms with Gasteiger partial charge in [0.1, 0.15) is 0 Å². The number of hydrogen-bond acceptors (Lipinski definition) is 3. The molecule has 0 aliphatic carbocycles. The highest BCUT2D eigenvalue weighted by atomic mass is 79.9. The molecule has 0 bridgehead atoms. The Bertz CT molecular complexity index is 442. The van der Waals surface area contributed by atoms with Gasteiger partial charge in [-0.3, -0.25) is 0 Å². The summed E-state index contributed by atoms with van der Waals surface area (Å²) in [5.74, 6) is -0.897. The van der Waals surface area contributed by atoms with E-state index in [2.05, 4.69) is 20.8 Å². The Kier molecular flexibility index (Phi) is 4.24. The first-order valence-corrected chi connectivity index (χ1v) is 6.72. The number of carboxylic acids is 1. The first-order chi connectivity index (χ1) is 8.63. The van der Waals surface area contributed by atoms with E-state index in [0.29, 0.717) is 16.1 Å². The van der Waals surface area contributed by atoms with Crippen molar-refractivity contribution in [1.82, 2.24) is 0 Å². The fourth-order valence-electron chi connectivity index (χ4n) is 2.32. The number of anilines is 1. The number of methoxy groups -OCH3 is 1. The molecule has 4 nitrogen and oxygen atoms in total. The zero-order chi connectivity index (χ0) is 13.1. The van der Waals surface area contributed by atoms with Gasteiger partial charge in [0.05, 0.1) is 17.4 Å². The molecule has 0 radical (unpaired) electrons. The van der Waals surface area contributed by atoms with Crippen LogP contribution in [-0.4, -0.2) is 37.4 Å². The van der Waals surface area contributed by atoms with Crippen molar-refractivity contribution in [3.05, 3.63) is 28.2 Å². The van der Waals surface area contributed by atoms with Crippen molar-refractivity contribution < 1.29 is 14.6 Å². The van der Waals surface area contributed by atoms with Crippen LogP contribution in [0.25, 0.3) is 0 Å². The van der Waals surface area contributed by atoms with E-state index < -0.39 is 5.97 Å². The topological polar surface area (TPSA) is 49.8 Å². The molecule has 1 aromatic rings. The molecular formula is C13H16BrNO3. The molecule has 0 amide bonds. The molecular weight excluding hydrogens is 298 g/mol. The van der Waals surface area contributed by atoms with Gasteiger partial charge in [-0.25, -0.2) is 4.79 Å². The Balaban J connectivity index is 2.24. The van der Waals surface area contributed by atoms with E-state index in [1.165, 1.54) is 0 Å². The molecule has 0 aromatic heterocycles. The van der Waals surface area contributed by atoms with Crippen molar-refractivity contribution in [3.63, 3.8) is 0 Å². The van der Waals surface area contributed by atoms with E-state index >= 15 is 0 Å². The Morgan fingerprint density at radius 2 is 2.11 bits per heavy atom. The predicted octanol–water partition coefficient (Wildman–Crippen LogP) is 2.76. The van der Waals surface area contributed by atoms with E-state index in [9.17, 15) is 9.90 Å². The maximum absolute atomic E-state index is 11.3. The molecule has 0 spiro atoms. The maximum Gasteiger partial charge on any atom is 0.338 e. The number of nitrogens with zero attached hydrogens (tertiary/aromatic N) is 1. The SMILES string of the molecule is COC1CCN(c2cccc(Br)c2C(=O)O)CC1. The Morgan fingerprint density at radius 3 is 2.67 bits per heavy atom. The summed E-state index contributed by atoms with van der Waals surface area (Å²) in [6.45, 7) is 1.66. The van der Waals surface area contributed by atoms with E-state index in [-0.39, 0.29) is 0 Å². The lowest BCUT2D eigenvalue weighted by Crippen LogP contribution is -2.37. The molecule has 1 aromatic carbocycles. The van der Waals surface area contributed by atoms with Crippen molar-refractivity contribution in [1.29, 1.82) is 0 Å². The van der Waals surface area contributed by atoms with Gasteiger partial charge in [0, 0.05) is 24.7 Å². The van der Waals surface area contributed by atoms with Crippen LogP contribution in [0, 0.1) is 0 Å². The van der Waals surface area contributed by atoms with Gasteiger partial charge in [0.25, 0.3) is 0 Å². The highest BCUT2D eigenvalue weighted by Crippen LogP contribution is 2.30. The van der Waals surface area contributed by atoms with E-state index in [1.54, 1.807) is 13.2 Å². The van der Waals surface area contributed by atoms with Crippen molar-refractivity contribution in [2.45, 2.75) is 18.9 Å². The van der Waals surface area contributed by atoms with Crippen molar-refractivity contribution in [3.8, 4) is 0 Å². The van der Waals surface area contributed by atoms with E-state index in [1.807, 2.05) is 12.1 Å². The monoisotopic (exact) mass is 313 g/mol. The van der Waals surface area contributed by atoms with E-state index in [4.69, 9.17) is 4.74 Å². The molecule has 1 aliphatic rings. The van der Waals surface area contributed by atoms with Crippen molar-refractivity contribution in [2.24, 2.45) is 0 Å². The fourth-order valence-corrected chi connectivity index (χ4v) is 2.85.